The highest BCUT2D eigenvalue weighted by atomic mass is 35.5. The quantitative estimate of drug-likeness (QED) is 0.449. The van der Waals surface area contributed by atoms with Crippen LogP contribution in [-0.4, -0.2) is 57.1 Å². The number of amides is 2. The van der Waals surface area contributed by atoms with Crippen molar-refractivity contribution < 1.29 is 22.7 Å². The molecule has 1 saturated carbocycles. The van der Waals surface area contributed by atoms with E-state index in [2.05, 4.69) is 5.32 Å². The molecule has 1 aliphatic rings. The summed E-state index contributed by atoms with van der Waals surface area (Å²) in [7, 11) is -2.53. The van der Waals surface area contributed by atoms with Crippen LogP contribution in [0, 0.1) is 0 Å². The van der Waals surface area contributed by atoms with Crippen LogP contribution in [0.5, 0.6) is 5.75 Å². The summed E-state index contributed by atoms with van der Waals surface area (Å²) in [4.78, 5) is 28.3. The van der Waals surface area contributed by atoms with Crippen LogP contribution >= 0.6 is 23.2 Å². The van der Waals surface area contributed by atoms with E-state index < -0.39 is 28.5 Å². The maximum atomic E-state index is 13.7. The van der Waals surface area contributed by atoms with Crippen LogP contribution in [0.15, 0.2) is 42.5 Å². The molecule has 37 heavy (non-hydrogen) atoms. The van der Waals surface area contributed by atoms with Gasteiger partial charge in [-0.15, -0.1) is 0 Å². The topological polar surface area (TPSA) is 96.0 Å². The van der Waals surface area contributed by atoms with Crippen LogP contribution in [0.1, 0.15) is 44.6 Å². The van der Waals surface area contributed by atoms with E-state index >= 15 is 0 Å². The monoisotopic (exact) mass is 569 g/mol. The van der Waals surface area contributed by atoms with E-state index in [-0.39, 0.29) is 35.0 Å². The molecule has 3 rings (SSSR count). The molecule has 2 amide bonds. The standard InChI is InChI=1S/C26H33Cl2N3O5S/c1-18(26(33)29-21-10-5-4-6-11-21)30(16-19-9-7-8-12-22(19)28)25(32)17-31(37(3,34)35)23-15-20(27)13-14-24(23)36-2/h7-9,12-15,18,21H,4-6,10-11,16-17H2,1-3H3,(H,29,33)/t18-/m1/s1. The van der Waals surface area contributed by atoms with E-state index in [0.717, 1.165) is 42.7 Å². The number of ether oxygens (including phenoxy) is 1. The molecular weight excluding hydrogens is 537 g/mol. The first-order valence-electron chi connectivity index (χ1n) is 12.2. The third kappa shape index (κ3) is 7.75. The number of halogens is 2. The van der Waals surface area contributed by atoms with E-state index in [1.54, 1.807) is 37.3 Å². The normalized spacial score (nSPS) is 15.1. The van der Waals surface area contributed by atoms with E-state index in [9.17, 15) is 18.0 Å². The molecule has 1 aliphatic carbocycles. The van der Waals surface area contributed by atoms with Gasteiger partial charge in [0, 0.05) is 22.6 Å². The van der Waals surface area contributed by atoms with Crippen molar-refractivity contribution in [2.24, 2.45) is 0 Å². The molecule has 0 saturated heterocycles. The van der Waals surface area contributed by atoms with Gasteiger partial charge in [-0.25, -0.2) is 8.42 Å². The summed E-state index contributed by atoms with van der Waals surface area (Å²) in [5, 5.41) is 3.78. The summed E-state index contributed by atoms with van der Waals surface area (Å²) < 4.78 is 31.9. The van der Waals surface area contributed by atoms with Gasteiger partial charge in [-0.05, 0) is 49.6 Å². The Hall–Kier alpha value is -2.49. The molecule has 2 aromatic carbocycles. The predicted molar refractivity (Wildman–Crippen MR) is 147 cm³/mol. The number of nitrogens with zero attached hydrogens (tertiary/aromatic N) is 2. The van der Waals surface area contributed by atoms with Gasteiger partial charge in [0.25, 0.3) is 0 Å². The smallest absolute Gasteiger partial charge is 0.244 e. The first kappa shape index (κ1) is 29.1. The second-order valence-corrected chi connectivity index (χ2v) is 12.0. The number of hydrogen-bond donors (Lipinski definition) is 1. The Kier molecular flexibility index (Phi) is 10.1. The first-order chi connectivity index (χ1) is 17.5. The molecular formula is C26H33Cl2N3O5S. The highest BCUT2D eigenvalue weighted by Gasteiger charge is 2.32. The second-order valence-electron chi connectivity index (χ2n) is 9.22. The Morgan fingerprint density at radius 1 is 1.11 bits per heavy atom. The van der Waals surface area contributed by atoms with Gasteiger partial charge in [0.05, 0.1) is 19.1 Å². The number of methoxy groups -OCH3 is 1. The van der Waals surface area contributed by atoms with Crippen molar-refractivity contribution in [1.82, 2.24) is 10.2 Å². The number of sulfonamides is 1. The number of hydrogen-bond acceptors (Lipinski definition) is 5. The van der Waals surface area contributed by atoms with Crippen LogP contribution in [0.3, 0.4) is 0 Å². The molecule has 0 bridgehead atoms. The second kappa shape index (κ2) is 12.8. The van der Waals surface area contributed by atoms with Crippen molar-refractivity contribution in [1.29, 1.82) is 0 Å². The zero-order chi connectivity index (χ0) is 27.2. The van der Waals surface area contributed by atoms with Crippen LogP contribution in [0.4, 0.5) is 5.69 Å². The van der Waals surface area contributed by atoms with Gasteiger partial charge >= 0.3 is 0 Å². The predicted octanol–water partition coefficient (Wildman–Crippen LogP) is 4.63. The average molecular weight is 571 g/mol. The Morgan fingerprint density at radius 2 is 1.78 bits per heavy atom. The van der Waals surface area contributed by atoms with Gasteiger partial charge in [-0.1, -0.05) is 60.7 Å². The van der Waals surface area contributed by atoms with Gasteiger partial charge < -0.3 is 15.0 Å². The highest BCUT2D eigenvalue weighted by molar-refractivity contribution is 7.92. The molecule has 0 spiro atoms. The summed E-state index contributed by atoms with van der Waals surface area (Å²) in [6, 6.07) is 10.7. The third-order valence-electron chi connectivity index (χ3n) is 6.51. The Labute approximate surface area is 228 Å². The Bertz CT molecular complexity index is 1220. The van der Waals surface area contributed by atoms with Gasteiger partial charge in [0.2, 0.25) is 21.8 Å². The average Bonchev–Trinajstić information content (AvgIpc) is 2.86. The number of rotatable bonds is 10. The lowest BCUT2D eigenvalue weighted by molar-refractivity contribution is -0.139. The summed E-state index contributed by atoms with van der Waals surface area (Å²) >= 11 is 12.5. The van der Waals surface area contributed by atoms with Crippen LogP contribution in [0.2, 0.25) is 10.0 Å². The number of anilines is 1. The molecule has 1 atom stereocenters. The molecule has 8 nitrogen and oxygen atoms in total. The van der Waals surface area contributed by atoms with Crippen LogP contribution < -0.4 is 14.4 Å². The SMILES string of the molecule is COc1ccc(Cl)cc1N(CC(=O)N(Cc1ccccc1Cl)[C@H](C)C(=O)NC1CCCCC1)S(C)(=O)=O. The van der Waals surface area contributed by atoms with Gasteiger partial charge in [-0.3, -0.25) is 13.9 Å². The fourth-order valence-electron chi connectivity index (χ4n) is 4.41. The van der Waals surface area contributed by atoms with E-state index in [1.807, 2.05) is 0 Å². The van der Waals surface area contributed by atoms with Gasteiger partial charge in [0.15, 0.2) is 0 Å². The van der Waals surface area contributed by atoms with E-state index in [1.165, 1.54) is 24.1 Å². The zero-order valence-electron chi connectivity index (χ0n) is 21.2. The molecule has 1 N–H and O–H groups in total. The summed E-state index contributed by atoms with van der Waals surface area (Å²) in [6.45, 7) is 1.11. The summed E-state index contributed by atoms with van der Waals surface area (Å²) in [6.07, 6.45) is 6.03. The summed E-state index contributed by atoms with van der Waals surface area (Å²) in [5.74, 6) is -0.624. The minimum atomic E-state index is -3.92. The molecule has 0 aromatic heterocycles. The van der Waals surface area contributed by atoms with Crippen molar-refractivity contribution in [3.63, 3.8) is 0 Å². The molecule has 1 fully saturated rings. The highest BCUT2D eigenvalue weighted by Crippen LogP contribution is 2.33. The number of carbonyl (C=O) groups excluding carboxylic acids is 2. The third-order valence-corrected chi connectivity index (χ3v) is 8.24. The van der Waals surface area contributed by atoms with Crippen molar-refractivity contribution >= 4 is 50.7 Å². The maximum Gasteiger partial charge on any atom is 0.244 e. The van der Waals surface area contributed by atoms with Crippen LogP contribution in [0.25, 0.3) is 0 Å². The first-order valence-corrected chi connectivity index (χ1v) is 14.8. The number of benzene rings is 2. The molecule has 202 valence electrons. The lowest BCUT2D eigenvalue weighted by Gasteiger charge is -2.33. The van der Waals surface area contributed by atoms with Crippen molar-refractivity contribution in [3.8, 4) is 5.75 Å². The maximum absolute atomic E-state index is 13.7. The van der Waals surface area contributed by atoms with Crippen LogP contribution in [-0.2, 0) is 26.2 Å². The lowest BCUT2D eigenvalue weighted by Crippen LogP contribution is -2.53. The lowest BCUT2D eigenvalue weighted by atomic mass is 9.95. The zero-order valence-corrected chi connectivity index (χ0v) is 23.6. The van der Waals surface area contributed by atoms with E-state index in [4.69, 9.17) is 27.9 Å². The molecule has 2 aromatic rings. The molecule has 0 unspecified atom stereocenters. The fourth-order valence-corrected chi connectivity index (χ4v) is 5.62. The van der Waals surface area contributed by atoms with E-state index in [0.29, 0.717) is 10.6 Å². The molecule has 0 radical (unpaired) electrons. The summed E-state index contributed by atoms with van der Waals surface area (Å²) in [5.41, 5.74) is 0.768. The van der Waals surface area contributed by atoms with Gasteiger partial charge in [0.1, 0.15) is 18.3 Å². The molecule has 11 heteroatoms. The molecule has 0 aliphatic heterocycles. The minimum absolute atomic E-state index is 0.0298. The minimum Gasteiger partial charge on any atom is -0.495 e. The van der Waals surface area contributed by atoms with Crippen molar-refractivity contribution in [3.05, 3.63) is 58.1 Å². The molecule has 0 heterocycles. The van der Waals surface area contributed by atoms with Crippen molar-refractivity contribution in [2.45, 2.75) is 57.7 Å². The Balaban J connectivity index is 1.93. The number of nitrogens with one attached hydrogen (secondary N) is 1. The van der Waals surface area contributed by atoms with Gasteiger partial charge in [-0.2, -0.15) is 0 Å². The number of carbonyl (C=O) groups is 2. The Morgan fingerprint density at radius 3 is 2.41 bits per heavy atom. The fraction of sp³-hybridized carbons (Fsp3) is 0.462. The largest absolute Gasteiger partial charge is 0.495 e. The van der Waals surface area contributed by atoms with Crippen molar-refractivity contribution in [2.75, 3.05) is 24.2 Å².